The molecule has 0 radical (unpaired) electrons. The van der Waals surface area contributed by atoms with Crippen LogP contribution in [-0.4, -0.2) is 50.7 Å². The number of likely N-dealkylation sites (N-methyl/N-ethyl adjacent to an activating group) is 1. The van der Waals surface area contributed by atoms with Gasteiger partial charge >= 0.3 is 0 Å². The zero-order chi connectivity index (χ0) is 21.6. The van der Waals surface area contributed by atoms with Crippen molar-refractivity contribution in [3.8, 4) is 0 Å². The molecule has 0 aliphatic heterocycles. The van der Waals surface area contributed by atoms with Crippen molar-refractivity contribution in [3.05, 3.63) is 65.7 Å². The number of hydrogen-bond donors (Lipinski definition) is 1. The number of carbonyl (C=O) groups excluding carboxylic acids is 1. The highest BCUT2D eigenvalue weighted by molar-refractivity contribution is 7.89. The Kier molecular flexibility index (Phi) is 7.96. The van der Waals surface area contributed by atoms with Gasteiger partial charge in [0.1, 0.15) is 6.04 Å². The van der Waals surface area contributed by atoms with E-state index in [-0.39, 0.29) is 16.8 Å². The van der Waals surface area contributed by atoms with E-state index in [0.717, 1.165) is 11.1 Å². The van der Waals surface area contributed by atoms with Gasteiger partial charge in [-0.05, 0) is 30.2 Å². The Hall–Kier alpha value is -2.22. The predicted molar refractivity (Wildman–Crippen MR) is 116 cm³/mol. The average molecular weight is 418 g/mol. The van der Waals surface area contributed by atoms with Gasteiger partial charge in [0.15, 0.2) is 0 Å². The molecule has 0 spiro atoms. The third kappa shape index (κ3) is 5.44. The number of amides is 1. The number of nitrogens with zero attached hydrogens (tertiary/aromatic N) is 2. The van der Waals surface area contributed by atoms with Crippen molar-refractivity contribution >= 4 is 15.9 Å². The van der Waals surface area contributed by atoms with Crippen LogP contribution in [0.3, 0.4) is 0 Å². The van der Waals surface area contributed by atoms with Crippen molar-refractivity contribution in [2.75, 3.05) is 27.2 Å². The van der Waals surface area contributed by atoms with E-state index in [1.54, 1.807) is 43.3 Å². The fraction of sp³-hybridized carbons (Fsp3) is 0.409. The van der Waals surface area contributed by atoms with Gasteiger partial charge in [0.25, 0.3) is 0 Å². The molecule has 1 N–H and O–H groups in total. The predicted octanol–water partition coefficient (Wildman–Crippen LogP) is 3.20. The summed E-state index contributed by atoms with van der Waals surface area (Å²) >= 11 is 0. The Morgan fingerprint density at radius 3 is 1.97 bits per heavy atom. The van der Waals surface area contributed by atoms with E-state index in [9.17, 15) is 13.2 Å². The van der Waals surface area contributed by atoms with Crippen molar-refractivity contribution < 1.29 is 13.2 Å². The Labute approximate surface area is 174 Å². The van der Waals surface area contributed by atoms with Crippen LogP contribution in [0.4, 0.5) is 0 Å². The van der Waals surface area contributed by atoms with Crippen molar-refractivity contribution in [2.45, 2.75) is 37.8 Å². The smallest absolute Gasteiger partial charge is 0.243 e. The van der Waals surface area contributed by atoms with Crippen LogP contribution in [0.25, 0.3) is 0 Å². The molecule has 0 aliphatic rings. The van der Waals surface area contributed by atoms with Crippen molar-refractivity contribution in [2.24, 2.45) is 0 Å². The number of carbonyl (C=O) groups is 1. The molecule has 158 valence electrons. The highest BCUT2D eigenvalue weighted by Gasteiger charge is 2.25. The molecule has 6 nitrogen and oxygen atoms in total. The lowest BCUT2D eigenvalue weighted by molar-refractivity contribution is -0.131. The Morgan fingerprint density at radius 1 is 0.931 bits per heavy atom. The number of rotatable bonds is 9. The minimum Gasteiger partial charge on any atom is -0.347 e. The van der Waals surface area contributed by atoms with Gasteiger partial charge in [0.05, 0.1) is 4.90 Å². The quantitative estimate of drug-likeness (QED) is 0.680. The van der Waals surface area contributed by atoms with E-state index >= 15 is 0 Å². The summed E-state index contributed by atoms with van der Waals surface area (Å²) < 4.78 is 26.8. The van der Waals surface area contributed by atoms with Gasteiger partial charge in [-0.2, -0.15) is 4.31 Å². The molecular weight excluding hydrogens is 386 g/mol. The first-order valence-electron chi connectivity index (χ1n) is 9.84. The molecule has 29 heavy (non-hydrogen) atoms. The largest absolute Gasteiger partial charge is 0.347 e. The van der Waals surface area contributed by atoms with Crippen molar-refractivity contribution in [1.82, 2.24) is 14.5 Å². The van der Waals surface area contributed by atoms with E-state index in [4.69, 9.17) is 0 Å². The minimum absolute atomic E-state index is 0.0382. The van der Waals surface area contributed by atoms with E-state index in [2.05, 4.69) is 5.32 Å². The molecule has 0 heterocycles. The first-order valence-corrected chi connectivity index (χ1v) is 11.3. The van der Waals surface area contributed by atoms with Crippen LogP contribution < -0.4 is 5.32 Å². The Balaban J connectivity index is 2.25. The van der Waals surface area contributed by atoms with Gasteiger partial charge in [-0.1, -0.05) is 56.3 Å². The lowest BCUT2D eigenvalue weighted by Gasteiger charge is -2.26. The summed E-state index contributed by atoms with van der Waals surface area (Å²) in [6, 6.07) is 15.8. The molecule has 2 aromatic carbocycles. The average Bonchev–Trinajstić information content (AvgIpc) is 2.72. The summed E-state index contributed by atoms with van der Waals surface area (Å²) in [6.45, 7) is 6.49. The molecule has 0 aliphatic carbocycles. The van der Waals surface area contributed by atoms with Crippen LogP contribution in [0.2, 0.25) is 0 Å². The normalized spacial score (nSPS) is 13.9. The molecule has 0 saturated carbocycles. The second-order valence-electron chi connectivity index (χ2n) is 7.12. The van der Waals surface area contributed by atoms with Crippen molar-refractivity contribution in [3.63, 3.8) is 0 Å². The van der Waals surface area contributed by atoms with Crippen LogP contribution in [0, 0.1) is 0 Å². The number of nitrogens with one attached hydrogen (secondary N) is 1. The highest BCUT2D eigenvalue weighted by Crippen LogP contribution is 2.23. The van der Waals surface area contributed by atoms with Crippen molar-refractivity contribution in [1.29, 1.82) is 0 Å². The summed E-state index contributed by atoms with van der Waals surface area (Å²) in [6.07, 6.45) is 0. The van der Waals surface area contributed by atoms with Gasteiger partial charge < -0.3 is 4.90 Å². The summed E-state index contributed by atoms with van der Waals surface area (Å²) in [5.74, 6) is -0.0382. The second-order valence-corrected chi connectivity index (χ2v) is 9.06. The number of hydrogen-bond acceptors (Lipinski definition) is 4. The molecule has 7 heteroatoms. The second kappa shape index (κ2) is 10.0. The number of sulfonamides is 1. The molecule has 0 bridgehead atoms. The van der Waals surface area contributed by atoms with Gasteiger partial charge in [-0.25, -0.2) is 8.42 Å². The fourth-order valence-electron chi connectivity index (χ4n) is 3.20. The third-order valence-electron chi connectivity index (χ3n) is 4.96. The molecule has 2 atom stereocenters. The molecule has 2 rings (SSSR count). The molecule has 1 amide bonds. The zero-order valence-corrected chi connectivity index (χ0v) is 18.6. The first kappa shape index (κ1) is 23.1. The molecule has 0 fully saturated rings. The minimum atomic E-state index is -3.48. The standard InChI is InChI=1S/C22H31N3O3S/c1-6-25(7-2)29(27,28)20-15-13-18(14-16-20)17(3)23-21(22(26)24(4)5)19-11-9-8-10-12-19/h8-17,21,23H,6-7H2,1-5H3/t17-,21+/m1/s1. The maximum Gasteiger partial charge on any atom is 0.243 e. The Morgan fingerprint density at radius 2 is 1.48 bits per heavy atom. The number of benzene rings is 2. The topological polar surface area (TPSA) is 69.7 Å². The summed E-state index contributed by atoms with van der Waals surface area (Å²) in [7, 11) is -0.0150. The lowest BCUT2D eigenvalue weighted by Crippen LogP contribution is -2.38. The monoisotopic (exact) mass is 417 g/mol. The third-order valence-corrected chi connectivity index (χ3v) is 7.02. The molecule has 2 aromatic rings. The fourth-order valence-corrected chi connectivity index (χ4v) is 4.66. The maximum atomic E-state index is 12.7. The zero-order valence-electron chi connectivity index (χ0n) is 17.8. The van der Waals surface area contributed by atoms with E-state index in [0.29, 0.717) is 13.1 Å². The van der Waals surface area contributed by atoms with E-state index < -0.39 is 16.1 Å². The molecule has 0 unspecified atom stereocenters. The Bertz CT molecular complexity index is 893. The van der Waals surface area contributed by atoms with Gasteiger partial charge in [0.2, 0.25) is 15.9 Å². The van der Waals surface area contributed by atoms with Gasteiger partial charge in [-0.15, -0.1) is 0 Å². The molecule has 0 aromatic heterocycles. The van der Waals surface area contributed by atoms with Crippen LogP contribution in [0.1, 0.15) is 44.0 Å². The van der Waals surface area contributed by atoms with E-state index in [1.807, 2.05) is 51.1 Å². The van der Waals surface area contributed by atoms with Crippen LogP contribution in [0.15, 0.2) is 59.5 Å². The maximum absolute atomic E-state index is 12.7. The molecular formula is C22H31N3O3S. The highest BCUT2D eigenvalue weighted by atomic mass is 32.2. The molecule has 0 saturated heterocycles. The SMILES string of the molecule is CCN(CC)S(=O)(=O)c1ccc([C@@H](C)N[C@H](C(=O)N(C)C)c2ccccc2)cc1. The van der Waals surface area contributed by atoms with Crippen LogP contribution in [0.5, 0.6) is 0 Å². The summed E-state index contributed by atoms with van der Waals surface area (Å²) in [5.41, 5.74) is 1.80. The summed E-state index contributed by atoms with van der Waals surface area (Å²) in [4.78, 5) is 14.6. The van der Waals surface area contributed by atoms with Gasteiger partial charge in [0, 0.05) is 33.2 Å². The summed E-state index contributed by atoms with van der Waals surface area (Å²) in [5, 5.41) is 3.38. The van der Waals surface area contributed by atoms with Gasteiger partial charge in [-0.3, -0.25) is 10.1 Å². The van der Waals surface area contributed by atoms with Crippen LogP contribution in [-0.2, 0) is 14.8 Å². The lowest BCUT2D eigenvalue weighted by atomic mass is 10.0. The van der Waals surface area contributed by atoms with E-state index in [1.165, 1.54) is 4.31 Å². The first-order chi connectivity index (χ1) is 13.7. The van der Waals surface area contributed by atoms with Crippen LogP contribution >= 0.6 is 0 Å².